The Morgan fingerprint density at radius 2 is 2.09 bits per heavy atom. The molecular formula is C24H24BrN3O5. The molecule has 0 amide bonds. The number of fused-ring (bicyclic) bond motifs is 5. The number of pyridine rings is 2. The molecule has 8 nitrogen and oxygen atoms in total. The van der Waals surface area contributed by atoms with Gasteiger partial charge in [-0.2, -0.15) is 0 Å². The van der Waals surface area contributed by atoms with Crippen LogP contribution in [-0.4, -0.2) is 32.6 Å². The lowest BCUT2D eigenvalue weighted by Crippen LogP contribution is -2.44. The largest absolute Gasteiger partial charge is 0.491 e. The number of aryl methyl sites for hydroxylation is 1. The molecule has 1 aromatic carbocycles. The molecular weight excluding hydrogens is 490 g/mol. The number of hydrogen-bond donors (Lipinski definition) is 2. The molecule has 0 saturated heterocycles. The third-order valence-electron chi connectivity index (χ3n) is 6.66. The summed E-state index contributed by atoms with van der Waals surface area (Å²) in [5.74, 6) is -0.130. The van der Waals surface area contributed by atoms with Crippen LogP contribution in [0.25, 0.3) is 22.3 Å². The van der Waals surface area contributed by atoms with Crippen LogP contribution in [-0.2, 0) is 34.7 Å². The second-order valence-corrected chi connectivity index (χ2v) is 9.08. The topological polar surface area (TPSA) is 117 Å². The van der Waals surface area contributed by atoms with E-state index in [9.17, 15) is 14.7 Å². The van der Waals surface area contributed by atoms with Gasteiger partial charge in [-0.25, -0.2) is 9.78 Å². The highest BCUT2D eigenvalue weighted by molar-refractivity contribution is 9.09. The first-order valence-corrected chi connectivity index (χ1v) is 12.1. The average Bonchev–Trinajstić information content (AvgIpc) is 3.19. The molecule has 0 spiro atoms. The first-order chi connectivity index (χ1) is 15.8. The zero-order valence-corrected chi connectivity index (χ0v) is 20.0. The molecule has 0 saturated carbocycles. The number of aromatic nitrogens is 2. The molecule has 2 aromatic heterocycles. The van der Waals surface area contributed by atoms with Crippen LogP contribution in [0.3, 0.4) is 0 Å². The van der Waals surface area contributed by atoms with Crippen molar-refractivity contribution in [3.05, 3.63) is 50.8 Å². The number of nitrogens with two attached hydrogens (primary N) is 1. The van der Waals surface area contributed by atoms with Gasteiger partial charge in [0.15, 0.2) is 5.60 Å². The Morgan fingerprint density at radius 3 is 2.79 bits per heavy atom. The van der Waals surface area contributed by atoms with Crippen LogP contribution in [0.4, 0.5) is 5.69 Å². The van der Waals surface area contributed by atoms with E-state index in [1.54, 1.807) is 23.6 Å². The fourth-order valence-electron chi connectivity index (χ4n) is 4.94. The van der Waals surface area contributed by atoms with Gasteiger partial charge in [-0.15, -0.1) is 0 Å². The van der Waals surface area contributed by atoms with Crippen LogP contribution >= 0.6 is 15.9 Å². The highest BCUT2D eigenvalue weighted by atomic mass is 79.9. The van der Waals surface area contributed by atoms with Crippen molar-refractivity contribution in [2.45, 2.75) is 45.4 Å². The number of hydrogen-bond acceptors (Lipinski definition) is 7. The Morgan fingerprint density at radius 1 is 1.30 bits per heavy atom. The number of ether oxygens (including phenoxy) is 2. The predicted molar refractivity (Wildman–Crippen MR) is 128 cm³/mol. The fourth-order valence-corrected chi connectivity index (χ4v) is 5.10. The van der Waals surface area contributed by atoms with Crippen molar-refractivity contribution in [1.82, 2.24) is 9.55 Å². The van der Waals surface area contributed by atoms with Crippen molar-refractivity contribution in [2.75, 3.05) is 17.7 Å². The van der Waals surface area contributed by atoms with Crippen molar-refractivity contribution >= 4 is 38.5 Å². The lowest BCUT2D eigenvalue weighted by atomic mass is 9.86. The maximum Gasteiger partial charge on any atom is 0.343 e. The molecule has 9 heteroatoms. The Labute approximate surface area is 198 Å². The number of carbonyl (C=O) groups excluding carboxylic acids is 1. The number of carbonyl (C=O) groups is 1. The van der Waals surface area contributed by atoms with Crippen molar-refractivity contribution in [1.29, 1.82) is 0 Å². The fraction of sp³-hybridized carbons (Fsp3) is 0.375. The van der Waals surface area contributed by atoms with Crippen molar-refractivity contribution in [2.24, 2.45) is 0 Å². The third kappa shape index (κ3) is 3.02. The van der Waals surface area contributed by atoms with Gasteiger partial charge in [-0.05, 0) is 36.6 Å². The number of nitrogens with zero attached hydrogens (tertiary/aromatic N) is 2. The summed E-state index contributed by atoms with van der Waals surface area (Å²) in [6.45, 7) is 4.41. The van der Waals surface area contributed by atoms with Gasteiger partial charge in [0, 0.05) is 21.8 Å². The lowest BCUT2D eigenvalue weighted by molar-refractivity contribution is -0.172. The number of halogens is 1. The molecule has 0 radical (unpaired) electrons. The summed E-state index contributed by atoms with van der Waals surface area (Å²) in [5.41, 5.74) is 9.42. The molecule has 33 heavy (non-hydrogen) atoms. The Bertz CT molecular complexity index is 1380. The number of nitrogen functional groups attached to an aromatic ring is 1. The molecule has 0 unspecified atom stereocenters. The van der Waals surface area contributed by atoms with E-state index < -0.39 is 11.6 Å². The van der Waals surface area contributed by atoms with E-state index in [4.69, 9.17) is 20.2 Å². The molecule has 172 valence electrons. The second-order valence-electron chi connectivity index (χ2n) is 8.28. The van der Waals surface area contributed by atoms with E-state index in [0.29, 0.717) is 64.4 Å². The number of alkyl halides is 1. The van der Waals surface area contributed by atoms with Gasteiger partial charge in [0.05, 0.1) is 41.3 Å². The SMILES string of the molecule is CCc1c2c(nc3ccc(OCCBr)c(N)c13)-c1cc3c(c(=O)n1C2)COC(=O)[C@]3(O)CC. The monoisotopic (exact) mass is 513 g/mol. The molecule has 1 atom stereocenters. The van der Waals surface area contributed by atoms with E-state index >= 15 is 0 Å². The third-order valence-corrected chi connectivity index (χ3v) is 6.98. The van der Waals surface area contributed by atoms with Crippen LogP contribution in [0.15, 0.2) is 23.0 Å². The van der Waals surface area contributed by atoms with E-state index in [1.165, 1.54) is 0 Å². The van der Waals surface area contributed by atoms with Crippen molar-refractivity contribution < 1.29 is 19.4 Å². The smallest absolute Gasteiger partial charge is 0.343 e. The van der Waals surface area contributed by atoms with Gasteiger partial charge in [0.2, 0.25) is 0 Å². The predicted octanol–water partition coefficient (Wildman–Crippen LogP) is 3.00. The number of rotatable bonds is 5. The quantitative estimate of drug-likeness (QED) is 0.239. The van der Waals surface area contributed by atoms with Crippen molar-refractivity contribution in [3.8, 4) is 17.1 Å². The van der Waals surface area contributed by atoms with E-state index in [1.807, 2.05) is 13.0 Å². The summed E-state index contributed by atoms with van der Waals surface area (Å²) in [6.07, 6.45) is 0.796. The summed E-state index contributed by atoms with van der Waals surface area (Å²) >= 11 is 3.36. The van der Waals surface area contributed by atoms with Gasteiger partial charge < -0.3 is 24.9 Å². The van der Waals surface area contributed by atoms with Gasteiger partial charge >= 0.3 is 5.97 Å². The molecule has 0 aliphatic carbocycles. The Hall–Kier alpha value is -2.91. The maximum atomic E-state index is 13.4. The number of benzene rings is 1. The molecule has 3 N–H and O–H groups in total. The minimum absolute atomic E-state index is 0.105. The molecule has 0 fully saturated rings. The maximum absolute atomic E-state index is 13.4. The number of cyclic esters (lactones) is 1. The summed E-state index contributed by atoms with van der Waals surface area (Å²) in [5, 5.41) is 12.6. The minimum atomic E-state index is -1.85. The minimum Gasteiger partial charge on any atom is -0.491 e. The van der Waals surface area contributed by atoms with Gasteiger partial charge in [0.1, 0.15) is 12.4 Å². The summed E-state index contributed by atoms with van der Waals surface area (Å²) < 4.78 is 12.6. The Balaban J connectivity index is 1.77. The van der Waals surface area contributed by atoms with Crippen LogP contribution < -0.4 is 16.0 Å². The standard InChI is InChI=1S/C24H24BrN3O5/c1-3-12-13-10-28-17(9-15-14(22(28)29)11-33-23(30)24(15,31)4-2)21(13)27-16-5-6-18(32-8-7-25)20(26)19(12)16/h5-6,9,31H,3-4,7-8,10-11,26H2,1-2H3/t24-/m0/s1. The van der Waals surface area contributed by atoms with Gasteiger partial charge in [0.25, 0.3) is 5.56 Å². The van der Waals surface area contributed by atoms with E-state index in [0.717, 1.165) is 16.5 Å². The highest BCUT2D eigenvalue weighted by Crippen LogP contribution is 2.42. The summed E-state index contributed by atoms with van der Waals surface area (Å²) in [4.78, 5) is 30.6. The van der Waals surface area contributed by atoms with E-state index in [-0.39, 0.29) is 18.6 Å². The lowest BCUT2D eigenvalue weighted by Gasteiger charge is -2.31. The molecule has 5 rings (SSSR count). The van der Waals surface area contributed by atoms with Crippen LogP contribution in [0, 0.1) is 0 Å². The van der Waals surface area contributed by atoms with Gasteiger partial charge in [-0.1, -0.05) is 29.8 Å². The first kappa shape index (κ1) is 21.9. The zero-order chi connectivity index (χ0) is 23.5. The zero-order valence-electron chi connectivity index (χ0n) is 18.4. The Kier molecular flexibility index (Phi) is 5.21. The molecule has 3 aromatic rings. The highest BCUT2D eigenvalue weighted by Gasteiger charge is 2.45. The molecule has 0 bridgehead atoms. The molecule has 2 aliphatic rings. The van der Waals surface area contributed by atoms with Crippen LogP contribution in [0.1, 0.15) is 42.5 Å². The number of aliphatic hydroxyl groups is 1. The van der Waals surface area contributed by atoms with Crippen LogP contribution in [0.2, 0.25) is 0 Å². The normalized spacial score (nSPS) is 18.6. The average molecular weight is 514 g/mol. The number of anilines is 1. The second kappa shape index (κ2) is 7.85. The summed E-state index contributed by atoms with van der Waals surface area (Å²) in [6, 6.07) is 5.40. The van der Waals surface area contributed by atoms with Crippen LogP contribution in [0.5, 0.6) is 5.75 Å². The van der Waals surface area contributed by atoms with Crippen molar-refractivity contribution in [3.63, 3.8) is 0 Å². The number of esters is 1. The molecule has 4 heterocycles. The summed E-state index contributed by atoms with van der Waals surface area (Å²) in [7, 11) is 0. The van der Waals surface area contributed by atoms with Gasteiger partial charge in [-0.3, -0.25) is 4.79 Å². The molecule has 2 aliphatic heterocycles. The van der Waals surface area contributed by atoms with E-state index in [2.05, 4.69) is 15.9 Å². The first-order valence-electron chi connectivity index (χ1n) is 11.0.